The van der Waals surface area contributed by atoms with Crippen LogP contribution in [-0.2, 0) is 4.79 Å². The fraction of sp³-hybridized carbons (Fsp3) is 0.500. The number of rotatable bonds is 7. The van der Waals surface area contributed by atoms with Crippen LogP contribution in [0.4, 0.5) is 0 Å². The van der Waals surface area contributed by atoms with Crippen molar-refractivity contribution in [2.24, 2.45) is 0 Å². The summed E-state index contributed by atoms with van der Waals surface area (Å²) in [7, 11) is 0. The van der Waals surface area contributed by atoms with E-state index in [0.717, 1.165) is 0 Å². The highest BCUT2D eigenvalue weighted by Crippen LogP contribution is 2.19. The standard InChI is InChI=1S/C16H23NO3/c1-4-17(5-2)14(18)11-12-16(3,20)15(19)13-9-7-6-8-10-13/h6-10,20H,4-5,11-12H2,1-3H3. The van der Waals surface area contributed by atoms with E-state index in [1.54, 1.807) is 29.2 Å². The van der Waals surface area contributed by atoms with Crippen LogP contribution in [0, 0.1) is 0 Å². The average Bonchev–Trinajstić information content (AvgIpc) is 2.46. The highest BCUT2D eigenvalue weighted by Gasteiger charge is 2.31. The fourth-order valence-corrected chi connectivity index (χ4v) is 2.10. The lowest BCUT2D eigenvalue weighted by Crippen LogP contribution is -2.38. The molecule has 0 saturated carbocycles. The first-order valence-electron chi connectivity index (χ1n) is 7.02. The van der Waals surface area contributed by atoms with Crippen LogP contribution in [0.3, 0.4) is 0 Å². The molecule has 1 unspecified atom stereocenters. The van der Waals surface area contributed by atoms with Gasteiger partial charge >= 0.3 is 0 Å². The van der Waals surface area contributed by atoms with Crippen LogP contribution in [0.15, 0.2) is 30.3 Å². The molecule has 1 atom stereocenters. The summed E-state index contributed by atoms with van der Waals surface area (Å²) in [5.41, 5.74) is -1.04. The zero-order valence-electron chi connectivity index (χ0n) is 12.4. The zero-order valence-corrected chi connectivity index (χ0v) is 12.4. The largest absolute Gasteiger partial charge is 0.382 e. The molecular formula is C16H23NO3. The Morgan fingerprint density at radius 3 is 2.20 bits per heavy atom. The fourth-order valence-electron chi connectivity index (χ4n) is 2.10. The van der Waals surface area contributed by atoms with Crippen molar-refractivity contribution in [2.75, 3.05) is 13.1 Å². The summed E-state index contributed by atoms with van der Waals surface area (Å²) in [6.07, 6.45) is 0.309. The number of amides is 1. The van der Waals surface area contributed by atoms with Gasteiger partial charge < -0.3 is 10.0 Å². The number of ketones is 1. The van der Waals surface area contributed by atoms with Crippen molar-refractivity contribution < 1.29 is 14.7 Å². The second-order valence-corrected chi connectivity index (χ2v) is 5.04. The third-order valence-corrected chi connectivity index (χ3v) is 3.47. The average molecular weight is 277 g/mol. The molecule has 0 heterocycles. The summed E-state index contributed by atoms with van der Waals surface area (Å²) in [5.74, 6) is -0.374. The van der Waals surface area contributed by atoms with Crippen molar-refractivity contribution in [3.8, 4) is 0 Å². The number of carbonyl (C=O) groups is 2. The predicted octanol–water partition coefficient (Wildman–Crippen LogP) is 2.27. The lowest BCUT2D eigenvalue weighted by molar-refractivity contribution is -0.131. The maximum Gasteiger partial charge on any atom is 0.222 e. The van der Waals surface area contributed by atoms with Crippen molar-refractivity contribution >= 4 is 11.7 Å². The van der Waals surface area contributed by atoms with Gasteiger partial charge in [-0.3, -0.25) is 9.59 Å². The molecule has 1 N–H and O–H groups in total. The summed E-state index contributed by atoms with van der Waals surface area (Å²) in [5, 5.41) is 10.3. The van der Waals surface area contributed by atoms with E-state index in [1.165, 1.54) is 6.92 Å². The predicted molar refractivity (Wildman–Crippen MR) is 78.6 cm³/mol. The maximum atomic E-state index is 12.2. The van der Waals surface area contributed by atoms with E-state index in [4.69, 9.17) is 0 Å². The van der Waals surface area contributed by atoms with Crippen LogP contribution >= 0.6 is 0 Å². The molecule has 0 saturated heterocycles. The van der Waals surface area contributed by atoms with Gasteiger partial charge in [0.05, 0.1) is 0 Å². The summed E-state index contributed by atoms with van der Waals surface area (Å²) >= 11 is 0. The minimum absolute atomic E-state index is 0.0314. The van der Waals surface area contributed by atoms with Gasteiger partial charge in [0.25, 0.3) is 0 Å². The molecule has 20 heavy (non-hydrogen) atoms. The van der Waals surface area contributed by atoms with Crippen LogP contribution in [0.2, 0.25) is 0 Å². The summed E-state index contributed by atoms with van der Waals surface area (Å²) < 4.78 is 0. The molecule has 0 aromatic heterocycles. The number of benzene rings is 1. The highest BCUT2D eigenvalue weighted by atomic mass is 16.3. The first kappa shape index (κ1) is 16.4. The monoisotopic (exact) mass is 277 g/mol. The molecule has 4 heteroatoms. The van der Waals surface area contributed by atoms with E-state index in [9.17, 15) is 14.7 Å². The SMILES string of the molecule is CCN(CC)C(=O)CCC(C)(O)C(=O)c1ccccc1. The summed E-state index contributed by atoms with van der Waals surface area (Å²) in [6.45, 7) is 6.58. The van der Waals surface area contributed by atoms with Gasteiger partial charge in [0.15, 0.2) is 5.78 Å². The molecule has 0 bridgehead atoms. The first-order chi connectivity index (χ1) is 9.42. The van der Waals surface area contributed by atoms with Crippen LogP contribution in [0.1, 0.15) is 44.0 Å². The number of carbonyl (C=O) groups excluding carboxylic acids is 2. The second kappa shape index (κ2) is 7.20. The number of hydrogen-bond donors (Lipinski definition) is 1. The lowest BCUT2D eigenvalue weighted by atomic mass is 9.90. The molecule has 0 aliphatic heterocycles. The highest BCUT2D eigenvalue weighted by molar-refractivity contribution is 6.02. The van der Waals surface area contributed by atoms with Crippen molar-refractivity contribution in [3.63, 3.8) is 0 Å². The van der Waals surface area contributed by atoms with E-state index < -0.39 is 5.60 Å². The molecule has 110 valence electrons. The Labute approximate surface area is 120 Å². The van der Waals surface area contributed by atoms with Crippen LogP contribution in [0.25, 0.3) is 0 Å². The Hall–Kier alpha value is -1.68. The van der Waals surface area contributed by atoms with E-state index in [0.29, 0.717) is 18.7 Å². The molecule has 0 aliphatic rings. The van der Waals surface area contributed by atoms with E-state index >= 15 is 0 Å². The Morgan fingerprint density at radius 1 is 1.15 bits per heavy atom. The van der Waals surface area contributed by atoms with E-state index in [2.05, 4.69) is 0 Å². The number of hydrogen-bond acceptors (Lipinski definition) is 3. The Morgan fingerprint density at radius 2 is 1.70 bits per heavy atom. The smallest absolute Gasteiger partial charge is 0.222 e. The van der Waals surface area contributed by atoms with Gasteiger partial charge in [-0.25, -0.2) is 0 Å². The van der Waals surface area contributed by atoms with Crippen LogP contribution in [0.5, 0.6) is 0 Å². The molecule has 4 nitrogen and oxygen atoms in total. The van der Waals surface area contributed by atoms with Crippen molar-refractivity contribution in [2.45, 2.75) is 39.2 Å². The third kappa shape index (κ3) is 4.17. The molecule has 0 aliphatic carbocycles. The molecule has 0 spiro atoms. The lowest BCUT2D eigenvalue weighted by Gasteiger charge is -2.24. The minimum Gasteiger partial charge on any atom is -0.382 e. The molecule has 1 rings (SSSR count). The Balaban J connectivity index is 2.66. The van der Waals surface area contributed by atoms with Gasteiger partial charge in [-0.15, -0.1) is 0 Å². The summed E-state index contributed by atoms with van der Waals surface area (Å²) in [4.78, 5) is 25.8. The Bertz CT molecular complexity index is 450. The van der Waals surface area contributed by atoms with Crippen LogP contribution in [-0.4, -0.2) is 40.4 Å². The molecule has 0 radical (unpaired) electrons. The molecular weight excluding hydrogens is 254 g/mol. The number of aliphatic hydroxyl groups is 1. The number of nitrogens with zero attached hydrogens (tertiary/aromatic N) is 1. The zero-order chi connectivity index (χ0) is 15.2. The van der Waals surface area contributed by atoms with Crippen molar-refractivity contribution in [3.05, 3.63) is 35.9 Å². The normalized spacial score (nSPS) is 13.6. The van der Waals surface area contributed by atoms with Crippen molar-refractivity contribution in [1.82, 2.24) is 4.90 Å². The van der Waals surface area contributed by atoms with Crippen LogP contribution < -0.4 is 0 Å². The first-order valence-corrected chi connectivity index (χ1v) is 7.02. The molecule has 1 aromatic rings. The van der Waals surface area contributed by atoms with Gasteiger partial charge in [0.2, 0.25) is 5.91 Å². The Kier molecular flexibility index (Phi) is 5.89. The van der Waals surface area contributed by atoms with E-state index in [1.807, 2.05) is 19.9 Å². The summed E-state index contributed by atoms with van der Waals surface area (Å²) in [6, 6.07) is 8.66. The van der Waals surface area contributed by atoms with Gasteiger partial charge in [0.1, 0.15) is 5.60 Å². The third-order valence-electron chi connectivity index (χ3n) is 3.47. The topological polar surface area (TPSA) is 57.6 Å². The van der Waals surface area contributed by atoms with Gasteiger partial charge in [0, 0.05) is 25.1 Å². The minimum atomic E-state index is -1.51. The number of Topliss-reactive ketones (excluding diaryl/α,β-unsaturated/α-hetero) is 1. The van der Waals surface area contributed by atoms with Gasteiger partial charge in [-0.2, -0.15) is 0 Å². The van der Waals surface area contributed by atoms with E-state index in [-0.39, 0.29) is 24.5 Å². The molecule has 1 aromatic carbocycles. The van der Waals surface area contributed by atoms with Gasteiger partial charge in [-0.1, -0.05) is 30.3 Å². The molecule has 0 fully saturated rings. The maximum absolute atomic E-state index is 12.2. The quantitative estimate of drug-likeness (QED) is 0.778. The second-order valence-electron chi connectivity index (χ2n) is 5.04. The van der Waals surface area contributed by atoms with Gasteiger partial charge in [-0.05, 0) is 27.2 Å². The molecule has 1 amide bonds. The van der Waals surface area contributed by atoms with Crippen molar-refractivity contribution in [1.29, 1.82) is 0 Å².